The molecule has 160 valence electrons. The van der Waals surface area contributed by atoms with Gasteiger partial charge >= 0.3 is 5.97 Å². The number of amides is 1. The number of anilines is 1. The van der Waals surface area contributed by atoms with Crippen molar-refractivity contribution < 1.29 is 23.8 Å². The van der Waals surface area contributed by atoms with Gasteiger partial charge in [-0.05, 0) is 49.2 Å². The third-order valence-electron chi connectivity index (χ3n) is 4.82. The van der Waals surface area contributed by atoms with Gasteiger partial charge in [-0.3, -0.25) is 4.79 Å². The molecule has 0 aliphatic rings. The van der Waals surface area contributed by atoms with Crippen molar-refractivity contribution in [3.63, 3.8) is 0 Å². The van der Waals surface area contributed by atoms with Crippen molar-refractivity contribution in [3.05, 3.63) is 89.0 Å². The van der Waals surface area contributed by atoms with E-state index < -0.39 is 12.1 Å². The number of esters is 1. The summed E-state index contributed by atoms with van der Waals surface area (Å²) in [5.41, 5.74) is 3.72. The van der Waals surface area contributed by atoms with Crippen LogP contribution < -0.4 is 14.8 Å². The van der Waals surface area contributed by atoms with E-state index in [4.69, 9.17) is 14.2 Å². The van der Waals surface area contributed by atoms with Crippen LogP contribution in [0.3, 0.4) is 0 Å². The second kappa shape index (κ2) is 9.80. The minimum absolute atomic E-state index is 0.320. The van der Waals surface area contributed by atoms with Crippen molar-refractivity contribution in [1.29, 1.82) is 0 Å². The molecule has 0 aromatic heterocycles. The maximum atomic E-state index is 13.3. The van der Waals surface area contributed by atoms with E-state index in [0.29, 0.717) is 22.6 Å². The lowest BCUT2D eigenvalue weighted by Gasteiger charge is -2.21. The molecule has 0 saturated heterocycles. The first kappa shape index (κ1) is 21.9. The van der Waals surface area contributed by atoms with Crippen LogP contribution in [0.2, 0.25) is 0 Å². The molecule has 1 amide bonds. The van der Waals surface area contributed by atoms with Crippen LogP contribution in [0.25, 0.3) is 0 Å². The van der Waals surface area contributed by atoms with E-state index in [9.17, 15) is 9.59 Å². The van der Waals surface area contributed by atoms with Crippen LogP contribution in [0.15, 0.2) is 66.7 Å². The normalized spacial score (nSPS) is 11.4. The summed E-state index contributed by atoms with van der Waals surface area (Å²) >= 11 is 0. The fraction of sp³-hybridized carbons (Fsp3) is 0.200. The van der Waals surface area contributed by atoms with E-state index in [1.165, 1.54) is 20.3 Å². The van der Waals surface area contributed by atoms with E-state index in [1.54, 1.807) is 12.1 Å². The van der Waals surface area contributed by atoms with Crippen molar-refractivity contribution in [1.82, 2.24) is 0 Å². The van der Waals surface area contributed by atoms with E-state index in [-0.39, 0.29) is 5.91 Å². The molecule has 0 aliphatic heterocycles. The van der Waals surface area contributed by atoms with Gasteiger partial charge in [0.25, 0.3) is 5.91 Å². The van der Waals surface area contributed by atoms with Gasteiger partial charge in [0.2, 0.25) is 6.10 Å². The maximum Gasteiger partial charge on any atom is 0.337 e. The number of carbonyl (C=O) groups excluding carboxylic acids is 2. The lowest BCUT2D eigenvalue weighted by atomic mass is 10.1. The molecule has 0 spiro atoms. The highest BCUT2D eigenvalue weighted by Crippen LogP contribution is 2.33. The van der Waals surface area contributed by atoms with Gasteiger partial charge in [0, 0.05) is 11.3 Å². The zero-order valence-corrected chi connectivity index (χ0v) is 18.0. The van der Waals surface area contributed by atoms with Crippen LogP contribution in [0.4, 0.5) is 5.69 Å². The molecule has 31 heavy (non-hydrogen) atoms. The fourth-order valence-electron chi connectivity index (χ4n) is 3.11. The number of methoxy groups -OCH3 is 2. The molecule has 6 nitrogen and oxygen atoms in total. The average Bonchev–Trinajstić information content (AvgIpc) is 2.79. The first-order valence-corrected chi connectivity index (χ1v) is 9.79. The molecule has 3 aromatic carbocycles. The van der Waals surface area contributed by atoms with Gasteiger partial charge in [-0.25, -0.2) is 4.79 Å². The second-order valence-corrected chi connectivity index (χ2v) is 7.07. The van der Waals surface area contributed by atoms with Crippen molar-refractivity contribution in [3.8, 4) is 11.5 Å². The van der Waals surface area contributed by atoms with Gasteiger partial charge in [0.15, 0.2) is 11.5 Å². The average molecular weight is 419 g/mol. The van der Waals surface area contributed by atoms with Gasteiger partial charge in [-0.15, -0.1) is 0 Å². The number of hydrogen-bond acceptors (Lipinski definition) is 5. The zero-order chi connectivity index (χ0) is 22.4. The Balaban J connectivity index is 1.94. The molecule has 0 saturated carbocycles. The molecule has 6 heteroatoms. The minimum Gasteiger partial charge on any atom is -0.493 e. The molecule has 1 atom stereocenters. The minimum atomic E-state index is -0.931. The summed E-state index contributed by atoms with van der Waals surface area (Å²) in [7, 11) is 2.78. The van der Waals surface area contributed by atoms with E-state index in [1.807, 2.05) is 62.4 Å². The van der Waals surface area contributed by atoms with Crippen LogP contribution in [0.1, 0.15) is 33.2 Å². The van der Waals surface area contributed by atoms with Gasteiger partial charge in [-0.2, -0.15) is 0 Å². The molecule has 0 heterocycles. The van der Waals surface area contributed by atoms with Crippen LogP contribution in [0.5, 0.6) is 11.5 Å². The zero-order valence-electron chi connectivity index (χ0n) is 18.0. The monoisotopic (exact) mass is 419 g/mol. The third-order valence-corrected chi connectivity index (χ3v) is 4.82. The van der Waals surface area contributed by atoms with Gasteiger partial charge in [0.1, 0.15) is 0 Å². The van der Waals surface area contributed by atoms with Gasteiger partial charge in [-0.1, -0.05) is 42.5 Å². The molecule has 0 fully saturated rings. The number of rotatable bonds is 7. The Morgan fingerprint density at radius 1 is 0.871 bits per heavy atom. The van der Waals surface area contributed by atoms with E-state index in [0.717, 1.165) is 16.8 Å². The van der Waals surface area contributed by atoms with Crippen molar-refractivity contribution >= 4 is 17.6 Å². The van der Waals surface area contributed by atoms with Gasteiger partial charge in [0.05, 0.1) is 19.8 Å². The van der Waals surface area contributed by atoms with Crippen LogP contribution in [-0.4, -0.2) is 26.1 Å². The molecular weight excluding hydrogens is 394 g/mol. The Labute approximate surface area is 181 Å². The fourth-order valence-corrected chi connectivity index (χ4v) is 3.11. The van der Waals surface area contributed by atoms with E-state index >= 15 is 0 Å². The van der Waals surface area contributed by atoms with Crippen molar-refractivity contribution in [2.75, 3.05) is 19.5 Å². The first-order chi connectivity index (χ1) is 14.9. The van der Waals surface area contributed by atoms with E-state index in [2.05, 4.69) is 5.32 Å². The van der Waals surface area contributed by atoms with Crippen molar-refractivity contribution in [2.45, 2.75) is 20.0 Å². The number of benzene rings is 3. The topological polar surface area (TPSA) is 73.9 Å². The number of carbonyl (C=O) groups is 2. The highest BCUT2D eigenvalue weighted by Gasteiger charge is 2.25. The lowest BCUT2D eigenvalue weighted by molar-refractivity contribution is -0.123. The molecule has 0 aliphatic carbocycles. The summed E-state index contributed by atoms with van der Waals surface area (Å²) in [6.07, 6.45) is -0.931. The molecule has 1 N–H and O–H groups in total. The second-order valence-electron chi connectivity index (χ2n) is 7.07. The highest BCUT2D eigenvalue weighted by atomic mass is 16.5. The van der Waals surface area contributed by atoms with Crippen molar-refractivity contribution in [2.24, 2.45) is 0 Å². The maximum absolute atomic E-state index is 13.3. The summed E-state index contributed by atoms with van der Waals surface area (Å²) in [5, 5.41) is 2.97. The molecule has 0 radical (unpaired) electrons. The summed E-state index contributed by atoms with van der Waals surface area (Å²) in [6.45, 7) is 3.90. The Hall–Kier alpha value is -3.80. The van der Waals surface area contributed by atoms with Crippen LogP contribution in [0, 0.1) is 13.8 Å². The Morgan fingerprint density at radius 3 is 2.29 bits per heavy atom. The standard InChI is InChI=1S/C25H25NO5/c1-16-10-11-17(2)20(14-16)26-24(27)23(18-8-6-5-7-9-18)31-21-13-12-19(25(28)30-4)15-22(21)29-3/h5-15,23H,1-4H3,(H,26,27)/t23-/m1/s1. The van der Waals surface area contributed by atoms with Crippen LogP contribution in [-0.2, 0) is 9.53 Å². The number of hydrogen-bond donors (Lipinski definition) is 1. The molecule has 3 aromatic rings. The number of aryl methyl sites for hydroxylation is 2. The third kappa shape index (κ3) is 5.22. The summed E-state index contributed by atoms with van der Waals surface area (Å²) < 4.78 is 16.2. The predicted molar refractivity (Wildman–Crippen MR) is 119 cm³/mol. The van der Waals surface area contributed by atoms with Gasteiger partial charge < -0.3 is 19.5 Å². The SMILES string of the molecule is COC(=O)c1ccc(O[C@@H](C(=O)Nc2cc(C)ccc2C)c2ccccc2)c(OC)c1. The summed E-state index contributed by atoms with van der Waals surface area (Å²) in [4.78, 5) is 25.1. The largest absolute Gasteiger partial charge is 0.493 e. The first-order valence-electron chi connectivity index (χ1n) is 9.79. The Kier molecular flexibility index (Phi) is 6.92. The smallest absolute Gasteiger partial charge is 0.337 e. The Bertz CT molecular complexity index is 1080. The van der Waals surface area contributed by atoms with Crippen LogP contribution >= 0.6 is 0 Å². The number of nitrogens with one attached hydrogen (secondary N) is 1. The predicted octanol–water partition coefficient (Wildman–Crippen LogP) is 4.86. The molecule has 0 unspecified atom stereocenters. The summed E-state index contributed by atoms with van der Waals surface area (Å²) in [5.74, 6) is -0.153. The molecule has 3 rings (SSSR count). The number of ether oxygens (including phenoxy) is 3. The quantitative estimate of drug-likeness (QED) is 0.554. The highest BCUT2D eigenvalue weighted by molar-refractivity contribution is 5.96. The Morgan fingerprint density at radius 2 is 1.61 bits per heavy atom. The summed E-state index contributed by atoms with van der Waals surface area (Å²) in [6, 6.07) is 19.7. The molecular formula is C25H25NO5. The molecule has 0 bridgehead atoms. The lowest BCUT2D eigenvalue weighted by Crippen LogP contribution is -2.26.